The van der Waals surface area contributed by atoms with Crippen molar-refractivity contribution in [2.45, 2.75) is 77.6 Å². The number of hydrogen-bond donors (Lipinski definition) is 0. The molecule has 3 aliphatic rings. The number of amides is 1. The first-order chi connectivity index (χ1) is 14.3. The number of carbonyl (C=O) groups excluding carboxylic acids is 1. The molecule has 0 saturated carbocycles. The first kappa shape index (κ1) is 21.8. The number of piperidine rings is 1. The van der Waals surface area contributed by atoms with Gasteiger partial charge in [-0.1, -0.05) is 0 Å². The minimum atomic E-state index is -0.0346. The maximum absolute atomic E-state index is 12.8. The van der Waals surface area contributed by atoms with Gasteiger partial charge < -0.3 is 9.64 Å². The molecule has 0 aromatic carbocycles. The van der Waals surface area contributed by atoms with Crippen molar-refractivity contribution in [3.05, 3.63) is 17.5 Å². The molecule has 1 atom stereocenters. The van der Waals surface area contributed by atoms with E-state index in [9.17, 15) is 4.79 Å². The van der Waals surface area contributed by atoms with Crippen LogP contribution in [0.25, 0.3) is 0 Å². The molecule has 0 bridgehead atoms. The first-order valence-electron chi connectivity index (χ1n) is 11.8. The van der Waals surface area contributed by atoms with Crippen LogP contribution >= 0.6 is 0 Å². The van der Waals surface area contributed by atoms with E-state index in [4.69, 9.17) is 4.74 Å². The van der Waals surface area contributed by atoms with Crippen LogP contribution in [0.4, 0.5) is 0 Å². The highest BCUT2D eigenvalue weighted by atomic mass is 16.5. The smallest absolute Gasteiger partial charge is 0.244 e. The number of carbonyl (C=O) groups is 1. The van der Waals surface area contributed by atoms with Crippen LogP contribution in [0.3, 0.4) is 0 Å². The molecule has 3 saturated heterocycles. The van der Waals surface area contributed by atoms with Gasteiger partial charge in [-0.25, -0.2) is 0 Å². The fourth-order valence-electron chi connectivity index (χ4n) is 5.51. The summed E-state index contributed by atoms with van der Waals surface area (Å²) < 4.78 is 8.19. The van der Waals surface area contributed by atoms with E-state index in [1.807, 2.05) is 29.5 Å². The molecule has 4 heterocycles. The number of aryl methyl sites for hydroxylation is 2. The fraction of sp³-hybridized carbons (Fsp3) is 0.826. The van der Waals surface area contributed by atoms with Crippen LogP contribution in [0.2, 0.25) is 0 Å². The maximum Gasteiger partial charge on any atom is 0.244 e. The van der Waals surface area contributed by atoms with Crippen LogP contribution < -0.4 is 0 Å². The van der Waals surface area contributed by atoms with Crippen molar-refractivity contribution < 1.29 is 9.53 Å². The van der Waals surface area contributed by atoms with Gasteiger partial charge >= 0.3 is 0 Å². The third kappa shape index (κ3) is 4.73. The average molecular weight is 418 g/mol. The van der Waals surface area contributed by atoms with Gasteiger partial charge in [-0.15, -0.1) is 0 Å². The first-order valence-corrected chi connectivity index (χ1v) is 11.8. The molecule has 1 aromatic heterocycles. The van der Waals surface area contributed by atoms with Crippen LogP contribution in [0.15, 0.2) is 6.07 Å². The Hall–Kier alpha value is -1.44. The van der Waals surface area contributed by atoms with Crippen LogP contribution in [0.5, 0.6) is 0 Å². The number of aromatic nitrogens is 2. The van der Waals surface area contributed by atoms with Gasteiger partial charge in [0.15, 0.2) is 0 Å². The summed E-state index contributed by atoms with van der Waals surface area (Å²) in [5, 5.41) is 4.44. The molecule has 1 spiro atoms. The maximum atomic E-state index is 12.8. The zero-order chi connectivity index (χ0) is 21.3. The molecule has 30 heavy (non-hydrogen) atoms. The van der Waals surface area contributed by atoms with Crippen molar-refractivity contribution in [1.82, 2.24) is 24.5 Å². The monoisotopic (exact) mass is 417 g/mol. The van der Waals surface area contributed by atoms with E-state index < -0.39 is 0 Å². The van der Waals surface area contributed by atoms with Crippen molar-refractivity contribution in [3.63, 3.8) is 0 Å². The van der Waals surface area contributed by atoms with Gasteiger partial charge in [0.25, 0.3) is 0 Å². The Morgan fingerprint density at radius 3 is 2.47 bits per heavy atom. The Morgan fingerprint density at radius 2 is 1.87 bits per heavy atom. The van der Waals surface area contributed by atoms with Gasteiger partial charge in [-0.3, -0.25) is 19.3 Å². The minimum absolute atomic E-state index is 0.0346. The highest BCUT2D eigenvalue weighted by Gasteiger charge is 2.43. The van der Waals surface area contributed by atoms with Gasteiger partial charge in [0.05, 0.1) is 11.3 Å². The van der Waals surface area contributed by atoms with E-state index in [0.717, 1.165) is 56.8 Å². The lowest BCUT2D eigenvalue weighted by molar-refractivity contribution is -0.151. The summed E-state index contributed by atoms with van der Waals surface area (Å²) in [6.45, 7) is 16.1. The highest BCUT2D eigenvalue weighted by molar-refractivity contribution is 5.76. The summed E-state index contributed by atoms with van der Waals surface area (Å²) in [5.74, 6) is 0.174. The van der Waals surface area contributed by atoms with Crippen molar-refractivity contribution >= 4 is 5.91 Å². The molecule has 4 rings (SSSR count). The van der Waals surface area contributed by atoms with Crippen molar-refractivity contribution in [2.75, 3.05) is 45.9 Å². The third-order valence-corrected chi connectivity index (χ3v) is 7.48. The van der Waals surface area contributed by atoms with Gasteiger partial charge in [0.2, 0.25) is 5.91 Å². The van der Waals surface area contributed by atoms with Crippen molar-refractivity contribution in [3.8, 4) is 0 Å². The van der Waals surface area contributed by atoms with Gasteiger partial charge in [-0.2, -0.15) is 5.10 Å². The summed E-state index contributed by atoms with van der Waals surface area (Å²) in [6, 6.07) is 3.30. The third-order valence-electron chi connectivity index (χ3n) is 7.48. The lowest BCUT2D eigenvalue weighted by atomic mass is 9.81. The van der Waals surface area contributed by atoms with Crippen LogP contribution in [0, 0.1) is 13.8 Å². The van der Waals surface area contributed by atoms with Gasteiger partial charge in [0, 0.05) is 63.7 Å². The number of ether oxygens (including phenoxy) is 1. The molecule has 3 aliphatic heterocycles. The van der Waals surface area contributed by atoms with E-state index in [1.54, 1.807) is 0 Å². The Morgan fingerprint density at radius 1 is 1.17 bits per heavy atom. The molecule has 7 nitrogen and oxygen atoms in total. The Kier molecular flexibility index (Phi) is 6.51. The molecular formula is C23H39N5O2. The van der Waals surface area contributed by atoms with E-state index in [-0.39, 0.29) is 11.5 Å². The highest BCUT2D eigenvalue weighted by Crippen LogP contribution is 2.37. The summed E-state index contributed by atoms with van der Waals surface area (Å²) >= 11 is 0. The molecule has 0 radical (unpaired) electrons. The normalized spacial score (nSPS) is 25.9. The molecule has 0 N–H and O–H groups in total. The lowest BCUT2D eigenvalue weighted by Gasteiger charge is -2.50. The molecular weight excluding hydrogens is 378 g/mol. The summed E-state index contributed by atoms with van der Waals surface area (Å²) in [7, 11) is 0. The molecule has 7 heteroatoms. The minimum Gasteiger partial charge on any atom is -0.375 e. The van der Waals surface area contributed by atoms with Crippen LogP contribution in [0.1, 0.15) is 50.9 Å². The molecule has 3 fully saturated rings. The van der Waals surface area contributed by atoms with Crippen LogP contribution in [-0.4, -0.2) is 93.9 Å². The predicted octanol–water partition coefficient (Wildman–Crippen LogP) is 2.07. The molecule has 1 aromatic rings. The second-order valence-electron chi connectivity index (χ2n) is 9.81. The number of piperazine rings is 1. The second-order valence-corrected chi connectivity index (χ2v) is 9.81. The van der Waals surface area contributed by atoms with Crippen molar-refractivity contribution in [2.24, 2.45) is 0 Å². The largest absolute Gasteiger partial charge is 0.375 e. The van der Waals surface area contributed by atoms with E-state index in [0.29, 0.717) is 18.6 Å². The van der Waals surface area contributed by atoms with E-state index in [2.05, 4.69) is 28.7 Å². The SMILES string of the molecule is Cc1cc(C)n(CC(=O)N2CCC3(CC2)CC(N2CCN(C(C)C)CC2)CCO3)n1. The molecule has 1 amide bonds. The second kappa shape index (κ2) is 8.97. The quantitative estimate of drug-likeness (QED) is 0.751. The zero-order valence-electron chi connectivity index (χ0n) is 19.3. The summed E-state index contributed by atoms with van der Waals surface area (Å²) in [5.41, 5.74) is 1.98. The lowest BCUT2D eigenvalue weighted by Crippen LogP contribution is -2.58. The number of rotatable bonds is 4. The van der Waals surface area contributed by atoms with Gasteiger partial charge in [-0.05, 0) is 59.4 Å². The zero-order valence-corrected chi connectivity index (χ0v) is 19.3. The van der Waals surface area contributed by atoms with Gasteiger partial charge in [0.1, 0.15) is 6.54 Å². The summed E-state index contributed by atoms with van der Waals surface area (Å²) in [6.07, 6.45) is 4.18. The number of hydrogen-bond acceptors (Lipinski definition) is 5. The molecule has 168 valence electrons. The predicted molar refractivity (Wildman–Crippen MR) is 118 cm³/mol. The number of likely N-dealkylation sites (tertiary alicyclic amines) is 1. The Balaban J connectivity index is 1.29. The van der Waals surface area contributed by atoms with Crippen LogP contribution in [-0.2, 0) is 16.1 Å². The number of nitrogens with zero attached hydrogens (tertiary/aromatic N) is 5. The van der Waals surface area contributed by atoms with E-state index >= 15 is 0 Å². The Labute approximate surface area is 181 Å². The molecule has 0 aliphatic carbocycles. The van der Waals surface area contributed by atoms with Crippen molar-refractivity contribution in [1.29, 1.82) is 0 Å². The fourth-order valence-corrected chi connectivity index (χ4v) is 5.51. The standard InChI is InChI=1S/C23H39N5O2/c1-18(2)25-10-12-26(13-11-25)21-5-14-30-23(16-21)6-8-27(9-7-23)22(29)17-28-20(4)15-19(3)24-28/h15,18,21H,5-14,16-17H2,1-4H3. The average Bonchev–Trinajstić information content (AvgIpc) is 3.05. The van der Waals surface area contributed by atoms with E-state index in [1.165, 1.54) is 26.2 Å². The topological polar surface area (TPSA) is 53.8 Å². The Bertz CT molecular complexity index is 730. The summed E-state index contributed by atoms with van der Waals surface area (Å²) in [4.78, 5) is 20.1. The molecule has 1 unspecified atom stereocenters.